The predicted octanol–water partition coefficient (Wildman–Crippen LogP) is 2.67. The molecule has 0 spiro atoms. The molecule has 0 saturated carbocycles. The summed E-state index contributed by atoms with van der Waals surface area (Å²) in [6, 6.07) is 9.57. The first-order valence-corrected chi connectivity index (χ1v) is 11.6. The summed E-state index contributed by atoms with van der Waals surface area (Å²) in [5.74, 6) is -0.339. The molecule has 4 rings (SSSR count). The van der Waals surface area contributed by atoms with Gasteiger partial charge in [0.1, 0.15) is 17.6 Å². The van der Waals surface area contributed by atoms with Gasteiger partial charge in [-0.1, -0.05) is 11.3 Å². The Morgan fingerprint density at radius 3 is 2.67 bits per heavy atom. The van der Waals surface area contributed by atoms with Gasteiger partial charge in [0.05, 0.1) is 22.2 Å². The Morgan fingerprint density at radius 1 is 1.23 bits per heavy atom. The fraction of sp³-hybridized carbons (Fsp3) is 0.300. The topological polar surface area (TPSA) is 81.0 Å². The van der Waals surface area contributed by atoms with Crippen molar-refractivity contribution in [1.82, 2.24) is 8.87 Å². The quantitative estimate of drug-likeness (QED) is 0.613. The fourth-order valence-corrected chi connectivity index (χ4v) is 6.24. The summed E-state index contributed by atoms with van der Waals surface area (Å²) in [4.78, 5) is 17.6. The minimum Gasteiger partial charge on any atom is -0.497 e. The third kappa shape index (κ3) is 3.66. The minimum atomic E-state index is -3.85. The van der Waals surface area contributed by atoms with Crippen LogP contribution in [0.3, 0.4) is 0 Å². The van der Waals surface area contributed by atoms with Crippen molar-refractivity contribution in [2.45, 2.75) is 23.8 Å². The van der Waals surface area contributed by atoms with Crippen molar-refractivity contribution in [2.24, 2.45) is 12.0 Å². The van der Waals surface area contributed by atoms with Crippen molar-refractivity contribution in [1.29, 1.82) is 0 Å². The van der Waals surface area contributed by atoms with Gasteiger partial charge in [-0.2, -0.15) is 9.30 Å². The number of benzene rings is 2. The lowest BCUT2D eigenvalue weighted by Gasteiger charge is -2.21. The highest BCUT2D eigenvalue weighted by molar-refractivity contribution is 7.89. The van der Waals surface area contributed by atoms with Gasteiger partial charge in [-0.3, -0.25) is 4.79 Å². The Bertz CT molecular complexity index is 1280. The molecule has 0 radical (unpaired) electrons. The second kappa shape index (κ2) is 7.93. The Kier molecular flexibility index (Phi) is 5.48. The number of sulfonamides is 1. The molecular formula is C20H20FN3O4S2. The number of carbonyl (C=O) groups excluding carboxylic acids is 1. The maximum atomic E-state index is 13.5. The molecule has 2 heterocycles. The maximum Gasteiger partial charge on any atom is 0.266 e. The fourth-order valence-electron chi connectivity index (χ4n) is 3.54. The van der Waals surface area contributed by atoms with Crippen LogP contribution in [0.15, 0.2) is 52.4 Å². The number of aryl methyl sites for hydroxylation is 1. The molecule has 0 N–H and O–H groups in total. The first kappa shape index (κ1) is 20.7. The van der Waals surface area contributed by atoms with Crippen molar-refractivity contribution in [2.75, 3.05) is 13.7 Å². The van der Waals surface area contributed by atoms with Crippen molar-refractivity contribution < 1.29 is 22.3 Å². The molecule has 1 amide bonds. The molecule has 158 valence electrons. The van der Waals surface area contributed by atoms with E-state index in [0.29, 0.717) is 28.1 Å². The number of hydrogen-bond donors (Lipinski definition) is 0. The number of aromatic nitrogens is 1. The van der Waals surface area contributed by atoms with Crippen molar-refractivity contribution in [3.63, 3.8) is 0 Å². The van der Waals surface area contributed by atoms with Crippen molar-refractivity contribution >= 4 is 37.5 Å². The normalized spacial score (nSPS) is 18.2. The number of hydrogen-bond acceptors (Lipinski definition) is 5. The van der Waals surface area contributed by atoms with Gasteiger partial charge in [-0.15, -0.1) is 0 Å². The smallest absolute Gasteiger partial charge is 0.266 e. The molecule has 3 aromatic rings. The number of fused-ring (bicyclic) bond motifs is 1. The van der Waals surface area contributed by atoms with Gasteiger partial charge in [0.25, 0.3) is 5.91 Å². The van der Waals surface area contributed by atoms with Crippen LogP contribution in [0.5, 0.6) is 5.75 Å². The lowest BCUT2D eigenvalue weighted by atomic mass is 10.2. The Morgan fingerprint density at radius 2 is 1.97 bits per heavy atom. The predicted molar refractivity (Wildman–Crippen MR) is 111 cm³/mol. The van der Waals surface area contributed by atoms with E-state index < -0.39 is 22.0 Å². The monoisotopic (exact) mass is 449 g/mol. The second-order valence-electron chi connectivity index (χ2n) is 6.96. The summed E-state index contributed by atoms with van der Waals surface area (Å²) < 4.78 is 48.3. The number of ether oxygens (including phenoxy) is 1. The maximum absolute atomic E-state index is 13.5. The third-order valence-corrected chi connectivity index (χ3v) is 8.15. The highest BCUT2D eigenvalue weighted by atomic mass is 32.2. The van der Waals surface area contributed by atoms with Crippen molar-refractivity contribution in [3.05, 3.63) is 53.1 Å². The Balaban J connectivity index is 1.67. The van der Waals surface area contributed by atoms with Gasteiger partial charge in [-0.05, 0) is 55.3 Å². The second-order valence-corrected chi connectivity index (χ2v) is 9.85. The van der Waals surface area contributed by atoms with Crippen LogP contribution in [0.2, 0.25) is 0 Å². The number of rotatable bonds is 4. The molecule has 0 aliphatic carbocycles. The first-order valence-electron chi connectivity index (χ1n) is 9.31. The highest BCUT2D eigenvalue weighted by Crippen LogP contribution is 2.28. The van der Waals surface area contributed by atoms with Gasteiger partial charge < -0.3 is 9.30 Å². The van der Waals surface area contributed by atoms with Crippen LogP contribution in [0.25, 0.3) is 10.2 Å². The summed E-state index contributed by atoms with van der Waals surface area (Å²) in [5, 5.41) is 0. The third-order valence-electron chi connectivity index (χ3n) is 5.13. The van der Waals surface area contributed by atoms with Gasteiger partial charge >= 0.3 is 0 Å². The number of nitrogens with zero attached hydrogens (tertiary/aromatic N) is 3. The van der Waals surface area contributed by atoms with Crippen LogP contribution in [0, 0.1) is 5.82 Å². The molecule has 2 aromatic carbocycles. The lowest BCUT2D eigenvalue weighted by molar-refractivity contribution is -0.121. The SMILES string of the molecule is COc1ccc(S(=O)(=O)N2CCCC2C(=O)N=c2sc3cc(F)ccc3n2C)cc1. The molecule has 1 aliphatic heterocycles. The number of methoxy groups -OCH3 is 1. The molecule has 0 bridgehead atoms. The summed E-state index contributed by atoms with van der Waals surface area (Å²) in [6.45, 7) is 0.254. The zero-order valence-corrected chi connectivity index (χ0v) is 18.0. The summed E-state index contributed by atoms with van der Waals surface area (Å²) in [5.41, 5.74) is 0.752. The van der Waals surface area contributed by atoms with E-state index in [-0.39, 0.29) is 17.3 Å². The van der Waals surface area contributed by atoms with E-state index in [1.807, 2.05) is 0 Å². The molecular weight excluding hydrogens is 429 g/mol. The lowest BCUT2D eigenvalue weighted by Crippen LogP contribution is -2.40. The molecule has 7 nitrogen and oxygen atoms in total. The molecule has 1 saturated heterocycles. The highest BCUT2D eigenvalue weighted by Gasteiger charge is 2.39. The molecule has 1 atom stereocenters. The van der Waals surface area contributed by atoms with E-state index in [9.17, 15) is 17.6 Å². The average molecular weight is 450 g/mol. The first-order chi connectivity index (χ1) is 14.3. The molecule has 1 aliphatic rings. The number of carbonyl (C=O) groups is 1. The zero-order valence-electron chi connectivity index (χ0n) is 16.4. The van der Waals surface area contributed by atoms with Crippen LogP contribution in [-0.4, -0.2) is 42.9 Å². The summed E-state index contributed by atoms with van der Waals surface area (Å²) >= 11 is 1.19. The van der Waals surface area contributed by atoms with Crippen LogP contribution in [0.1, 0.15) is 12.8 Å². The zero-order chi connectivity index (χ0) is 21.5. The average Bonchev–Trinajstić information content (AvgIpc) is 3.34. The molecule has 30 heavy (non-hydrogen) atoms. The van der Waals surface area contributed by atoms with E-state index in [1.54, 1.807) is 29.8 Å². The molecule has 1 aromatic heterocycles. The van der Waals surface area contributed by atoms with Gasteiger partial charge in [0, 0.05) is 13.6 Å². The number of thiazole rings is 1. The molecule has 1 fully saturated rings. The van der Waals surface area contributed by atoms with Crippen LogP contribution >= 0.6 is 11.3 Å². The minimum absolute atomic E-state index is 0.103. The van der Waals surface area contributed by atoms with E-state index in [4.69, 9.17) is 4.74 Å². The number of halogens is 1. The van der Waals surface area contributed by atoms with Gasteiger partial charge in [0.15, 0.2) is 4.80 Å². The Hall–Kier alpha value is -2.56. The van der Waals surface area contributed by atoms with Gasteiger partial charge in [-0.25, -0.2) is 12.8 Å². The standard InChI is InChI=1S/C20H20FN3O4S2/c1-23-16-10-5-13(21)12-18(16)29-20(23)22-19(25)17-4-3-11-24(17)30(26,27)15-8-6-14(28-2)7-9-15/h5-10,12,17H,3-4,11H2,1-2H3. The number of amides is 1. The van der Waals surface area contributed by atoms with E-state index >= 15 is 0 Å². The molecule has 10 heteroatoms. The van der Waals surface area contributed by atoms with Gasteiger partial charge in [0.2, 0.25) is 10.0 Å². The van der Waals surface area contributed by atoms with Crippen molar-refractivity contribution in [3.8, 4) is 5.75 Å². The largest absolute Gasteiger partial charge is 0.497 e. The van der Waals surface area contributed by atoms with E-state index in [1.165, 1.54) is 47.0 Å². The Labute approximate surface area is 177 Å². The molecule has 1 unspecified atom stereocenters. The summed E-state index contributed by atoms with van der Waals surface area (Å²) in [6.07, 6.45) is 0.978. The van der Waals surface area contributed by atoms with Crippen LogP contribution in [-0.2, 0) is 21.9 Å². The summed E-state index contributed by atoms with van der Waals surface area (Å²) in [7, 11) is -0.605. The van der Waals surface area contributed by atoms with Crippen LogP contribution in [0.4, 0.5) is 4.39 Å². The van der Waals surface area contributed by atoms with E-state index in [2.05, 4.69) is 4.99 Å². The van der Waals surface area contributed by atoms with Crippen LogP contribution < -0.4 is 9.54 Å². The van der Waals surface area contributed by atoms with E-state index in [0.717, 1.165) is 5.52 Å².